The second-order valence-corrected chi connectivity index (χ2v) is 5.08. The lowest BCUT2D eigenvalue weighted by Crippen LogP contribution is -2.14. The van der Waals surface area contributed by atoms with Crippen molar-refractivity contribution < 1.29 is 14.6 Å². The van der Waals surface area contributed by atoms with Crippen LogP contribution in [0.25, 0.3) is 0 Å². The zero-order valence-corrected chi connectivity index (χ0v) is 11.0. The zero-order chi connectivity index (χ0) is 13.1. The van der Waals surface area contributed by atoms with Gasteiger partial charge in [-0.2, -0.15) is 0 Å². The summed E-state index contributed by atoms with van der Waals surface area (Å²) in [5.74, 6) is -0.293. The molecule has 1 N–H and O–H groups in total. The smallest absolute Gasteiger partial charge is 0.306 e. The number of rotatable bonds is 4. The average molecular weight is 248 g/mol. The first-order chi connectivity index (χ1) is 8.61. The summed E-state index contributed by atoms with van der Waals surface area (Å²) >= 11 is 0. The van der Waals surface area contributed by atoms with Gasteiger partial charge in [-0.3, -0.25) is 4.79 Å². The Balaban J connectivity index is 2.30. The van der Waals surface area contributed by atoms with E-state index >= 15 is 0 Å². The van der Waals surface area contributed by atoms with E-state index in [0.29, 0.717) is 6.42 Å². The Hall–Kier alpha value is -1.51. The minimum atomic E-state index is -0.755. The van der Waals surface area contributed by atoms with E-state index in [2.05, 4.69) is 12.1 Å². The summed E-state index contributed by atoms with van der Waals surface area (Å²) in [6.07, 6.45) is 5.22. The van der Waals surface area contributed by atoms with Crippen LogP contribution in [0.4, 0.5) is 0 Å². The highest BCUT2D eigenvalue weighted by Crippen LogP contribution is 2.30. The number of aryl methyl sites for hydroxylation is 2. The van der Waals surface area contributed by atoms with Crippen LogP contribution in [0.1, 0.15) is 36.5 Å². The minimum Gasteiger partial charge on any atom is -0.496 e. The van der Waals surface area contributed by atoms with Crippen LogP contribution >= 0.6 is 0 Å². The Kier molecular flexibility index (Phi) is 3.90. The summed E-state index contributed by atoms with van der Waals surface area (Å²) in [6.45, 7) is 1.74. The van der Waals surface area contributed by atoms with E-state index in [1.807, 2.05) is 0 Å². The van der Waals surface area contributed by atoms with Gasteiger partial charge in [0.15, 0.2) is 0 Å². The third kappa shape index (κ3) is 2.66. The van der Waals surface area contributed by atoms with Crippen LogP contribution < -0.4 is 4.74 Å². The lowest BCUT2D eigenvalue weighted by molar-refractivity contribution is -0.141. The van der Waals surface area contributed by atoms with E-state index in [0.717, 1.165) is 24.2 Å². The molecular formula is C15H20O3. The minimum absolute atomic E-state index is 0.374. The molecule has 0 amide bonds. The maximum absolute atomic E-state index is 11.0. The molecule has 0 spiro atoms. The topological polar surface area (TPSA) is 46.5 Å². The molecule has 0 saturated heterocycles. The van der Waals surface area contributed by atoms with Gasteiger partial charge in [0, 0.05) is 0 Å². The van der Waals surface area contributed by atoms with E-state index in [-0.39, 0.29) is 5.92 Å². The van der Waals surface area contributed by atoms with Gasteiger partial charge >= 0.3 is 5.97 Å². The molecule has 1 unspecified atom stereocenters. The maximum atomic E-state index is 11.0. The molecule has 1 aromatic carbocycles. The lowest BCUT2D eigenvalue weighted by Gasteiger charge is -2.20. The number of ether oxygens (including phenoxy) is 1. The van der Waals surface area contributed by atoms with Gasteiger partial charge in [0.1, 0.15) is 5.75 Å². The predicted octanol–water partition coefficient (Wildman–Crippen LogP) is 2.84. The molecule has 0 bridgehead atoms. The Labute approximate surface area is 108 Å². The fourth-order valence-corrected chi connectivity index (χ4v) is 2.58. The van der Waals surface area contributed by atoms with Crippen molar-refractivity contribution in [1.82, 2.24) is 0 Å². The van der Waals surface area contributed by atoms with Gasteiger partial charge in [0.05, 0.1) is 13.0 Å². The van der Waals surface area contributed by atoms with Crippen LogP contribution in [0.5, 0.6) is 5.75 Å². The highest BCUT2D eigenvalue weighted by Gasteiger charge is 2.18. The molecule has 98 valence electrons. The van der Waals surface area contributed by atoms with Gasteiger partial charge in [-0.25, -0.2) is 0 Å². The zero-order valence-electron chi connectivity index (χ0n) is 11.0. The fraction of sp³-hybridized carbons (Fsp3) is 0.533. The predicted molar refractivity (Wildman–Crippen MR) is 70.1 cm³/mol. The van der Waals surface area contributed by atoms with Crippen LogP contribution in [0.15, 0.2) is 12.1 Å². The monoisotopic (exact) mass is 248 g/mol. The Bertz CT molecular complexity index is 451. The molecule has 0 fully saturated rings. The molecule has 0 heterocycles. The van der Waals surface area contributed by atoms with E-state index in [4.69, 9.17) is 9.84 Å². The third-order valence-corrected chi connectivity index (χ3v) is 3.69. The molecule has 1 aliphatic carbocycles. The molecule has 18 heavy (non-hydrogen) atoms. The second kappa shape index (κ2) is 5.42. The van der Waals surface area contributed by atoms with Gasteiger partial charge < -0.3 is 9.84 Å². The summed E-state index contributed by atoms with van der Waals surface area (Å²) < 4.78 is 5.40. The Morgan fingerprint density at radius 2 is 1.94 bits per heavy atom. The van der Waals surface area contributed by atoms with Gasteiger partial charge in [-0.1, -0.05) is 13.0 Å². The summed E-state index contributed by atoms with van der Waals surface area (Å²) in [7, 11) is 1.65. The van der Waals surface area contributed by atoms with Crippen molar-refractivity contribution >= 4 is 5.97 Å². The van der Waals surface area contributed by atoms with Crippen molar-refractivity contribution in [2.45, 2.75) is 39.0 Å². The van der Waals surface area contributed by atoms with E-state index in [1.54, 1.807) is 14.0 Å². The molecule has 3 heteroatoms. The van der Waals surface area contributed by atoms with Crippen LogP contribution in [0.3, 0.4) is 0 Å². The first-order valence-electron chi connectivity index (χ1n) is 6.53. The number of benzene rings is 1. The summed E-state index contributed by atoms with van der Waals surface area (Å²) in [4.78, 5) is 11.0. The van der Waals surface area contributed by atoms with Gasteiger partial charge in [0.2, 0.25) is 0 Å². The lowest BCUT2D eigenvalue weighted by atomic mass is 9.88. The molecule has 1 aromatic rings. The Morgan fingerprint density at radius 1 is 1.33 bits per heavy atom. The third-order valence-electron chi connectivity index (χ3n) is 3.69. The van der Waals surface area contributed by atoms with Crippen molar-refractivity contribution in [2.24, 2.45) is 5.92 Å². The van der Waals surface area contributed by atoms with Crippen LogP contribution in [-0.4, -0.2) is 18.2 Å². The molecular weight excluding hydrogens is 228 g/mol. The van der Waals surface area contributed by atoms with Crippen molar-refractivity contribution in [3.8, 4) is 5.75 Å². The highest BCUT2D eigenvalue weighted by atomic mass is 16.5. The number of methoxy groups -OCH3 is 1. The van der Waals surface area contributed by atoms with Crippen LogP contribution in [0.2, 0.25) is 0 Å². The van der Waals surface area contributed by atoms with Crippen LogP contribution in [-0.2, 0) is 24.1 Å². The summed E-state index contributed by atoms with van der Waals surface area (Å²) in [5, 5.41) is 9.00. The van der Waals surface area contributed by atoms with Gasteiger partial charge in [0.25, 0.3) is 0 Å². The Morgan fingerprint density at radius 3 is 2.50 bits per heavy atom. The van der Waals surface area contributed by atoms with E-state index < -0.39 is 5.97 Å². The van der Waals surface area contributed by atoms with E-state index in [1.165, 1.54) is 24.0 Å². The molecule has 1 aliphatic rings. The second-order valence-electron chi connectivity index (χ2n) is 5.08. The molecule has 0 saturated carbocycles. The number of carboxylic acids is 1. The molecule has 0 aliphatic heterocycles. The first kappa shape index (κ1) is 12.9. The van der Waals surface area contributed by atoms with Crippen molar-refractivity contribution in [1.29, 1.82) is 0 Å². The SMILES string of the molecule is COc1cc2c(cc1CC(C)C(=O)O)CCCC2. The maximum Gasteiger partial charge on any atom is 0.306 e. The van der Waals surface area contributed by atoms with E-state index in [9.17, 15) is 4.79 Å². The fourth-order valence-electron chi connectivity index (χ4n) is 2.58. The molecule has 2 rings (SSSR count). The largest absolute Gasteiger partial charge is 0.496 e. The first-order valence-corrected chi connectivity index (χ1v) is 6.53. The highest BCUT2D eigenvalue weighted by molar-refractivity contribution is 5.70. The van der Waals surface area contributed by atoms with Crippen LogP contribution in [0, 0.1) is 5.92 Å². The standard InChI is InChI=1S/C15H20O3/c1-10(15(16)17)7-13-8-11-5-3-4-6-12(11)9-14(13)18-2/h8-10H,3-7H2,1-2H3,(H,16,17). The molecule has 1 atom stereocenters. The quantitative estimate of drug-likeness (QED) is 0.891. The number of carboxylic acid groups (broad SMARTS) is 1. The van der Waals surface area contributed by atoms with Gasteiger partial charge in [-0.05, 0) is 54.9 Å². The van der Waals surface area contributed by atoms with Crippen molar-refractivity contribution in [3.63, 3.8) is 0 Å². The average Bonchev–Trinajstić information content (AvgIpc) is 2.37. The number of fused-ring (bicyclic) bond motifs is 1. The van der Waals surface area contributed by atoms with Crippen molar-refractivity contribution in [2.75, 3.05) is 7.11 Å². The summed E-state index contributed by atoms with van der Waals surface area (Å²) in [6, 6.07) is 4.24. The number of carbonyl (C=O) groups is 1. The molecule has 3 nitrogen and oxygen atoms in total. The molecule has 0 aromatic heterocycles. The number of hydrogen-bond acceptors (Lipinski definition) is 2. The normalized spacial score (nSPS) is 15.9. The van der Waals surface area contributed by atoms with Crippen molar-refractivity contribution in [3.05, 3.63) is 28.8 Å². The number of hydrogen-bond donors (Lipinski definition) is 1. The van der Waals surface area contributed by atoms with Gasteiger partial charge in [-0.15, -0.1) is 0 Å². The number of aliphatic carboxylic acids is 1. The molecule has 0 radical (unpaired) electrons. The summed E-state index contributed by atoms with van der Waals surface area (Å²) in [5.41, 5.74) is 3.76.